The molecule has 2 aromatic carbocycles. The highest BCUT2D eigenvalue weighted by atomic mass is 19.4. The molecule has 5 nitrogen and oxygen atoms in total. The summed E-state index contributed by atoms with van der Waals surface area (Å²) in [5, 5.41) is 2.74. The molecule has 2 unspecified atom stereocenters. The van der Waals surface area contributed by atoms with Crippen LogP contribution in [0.1, 0.15) is 29.3 Å². The topological polar surface area (TPSA) is 70.2 Å². The molecule has 0 radical (unpaired) electrons. The van der Waals surface area contributed by atoms with Crippen LogP contribution >= 0.6 is 0 Å². The summed E-state index contributed by atoms with van der Waals surface area (Å²) in [6.45, 7) is 1.98. The van der Waals surface area contributed by atoms with Crippen molar-refractivity contribution in [2.24, 2.45) is 11.8 Å². The zero-order valence-electron chi connectivity index (χ0n) is 14.4. The van der Waals surface area contributed by atoms with Crippen LogP contribution in [0.3, 0.4) is 0 Å². The Bertz CT molecular complexity index is 867. The van der Waals surface area contributed by atoms with Gasteiger partial charge < -0.3 is 5.32 Å². The van der Waals surface area contributed by atoms with E-state index in [0.29, 0.717) is 11.6 Å². The molecule has 1 aliphatic rings. The zero-order chi connectivity index (χ0) is 19.6. The van der Waals surface area contributed by atoms with E-state index in [9.17, 15) is 22.8 Å². The number of alkyl halides is 3. The van der Waals surface area contributed by atoms with Gasteiger partial charge in [0.05, 0.1) is 11.3 Å². The summed E-state index contributed by atoms with van der Waals surface area (Å²) >= 11 is 0. The molecule has 3 rings (SSSR count). The molecule has 2 amide bonds. The van der Waals surface area contributed by atoms with Gasteiger partial charge in [0.2, 0.25) is 5.91 Å². The third-order valence-electron chi connectivity index (χ3n) is 4.38. The van der Waals surface area contributed by atoms with Crippen LogP contribution in [0.2, 0.25) is 0 Å². The molecule has 0 aromatic heterocycles. The number of amides is 2. The van der Waals surface area contributed by atoms with E-state index in [1.54, 1.807) is 12.1 Å². The maximum Gasteiger partial charge on any atom is 0.418 e. The van der Waals surface area contributed by atoms with Crippen molar-refractivity contribution < 1.29 is 22.8 Å². The van der Waals surface area contributed by atoms with E-state index in [-0.39, 0.29) is 23.1 Å². The van der Waals surface area contributed by atoms with Crippen LogP contribution in [0.5, 0.6) is 0 Å². The second kappa shape index (κ2) is 7.30. The highest BCUT2D eigenvalue weighted by Crippen LogP contribution is 2.38. The molecular formula is C19H18F3N3O2. The van der Waals surface area contributed by atoms with Gasteiger partial charge in [0.1, 0.15) is 0 Å². The van der Waals surface area contributed by atoms with Gasteiger partial charge in [-0.15, -0.1) is 0 Å². The number of hydrazine groups is 1. The normalized spacial score (nSPS) is 18.5. The highest BCUT2D eigenvalue weighted by Gasteiger charge is 2.39. The molecule has 1 fully saturated rings. The lowest BCUT2D eigenvalue weighted by molar-refractivity contribution is -0.137. The fourth-order valence-electron chi connectivity index (χ4n) is 2.70. The standard InChI is InChI=1S/C19H18F3N3O2/c1-11-9-14(11)18(27)23-13-6-4-5-12(10-13)17(26)25-24-16-8-3-2-7-15(16)19(20,21)22/h2-8,10-11,14,24H,9H2,1H3,(H,23,27)(H,25,26). The number of benzene rings is 2. The van der Waals surface area contributed by atoms with Crippen molar-refractivity contribution in [2.45, 2.75) is 19.5 Å². The molecule has 3 N–H and O–H groups in total. The van der Waals surface area contributed by atoms with Crippen LogP contribution in [0.4, 0.5) is 24.5 Å². The van der Waals surface area contributed by atoms with Crippen LogP contribution in [0.15, 0.2) is 48.5 Å². The second-order valence-corrected chi connectivity index (χ2v) is 6.51. The number of anilines is 2. The van der Waals surface area contributed by atoms with Crippen molar-refractivity contribution in [3.8, 4) is 0 Å². The molecule has 0 saturated heterocycles. The van der Waals surface area contributed by atoms with Gasteiger partial charge in [-0.05, 0) is 42.7 Å². The molecule has 27 heavy (non-hydrogen) atoms. The number of nitrogens with one attached hydrogen (secondary N) is 3. The van der Waals surface area contributed by atoms with E-state index in [1.807, 2.05) is 6.92 Å². The molecule has 0 heterocycles. The first-order valence-electron chi connectivity index (χ1n) is 8.39. The number of hydrogen-bond donors (Lipinski definition) is 3. The Balaban J connectivity index is 1.65. The van der Waals surface area contributed by atoms with Crippen molar-refractivity contribution in [1.82, 2.24) is 5.43 Å². The molecule has 1 saturated carbocycles. The molecule has 0 spiro atoms. The molecule has 142 valence electrons. The molecular weight excluding hydrogens is 359 g/mol. The van der Waals surface area contributed by atoms with Gasteiger partial charge in [-0.25, -0.2) is 0 Å². The minimum absolute atomic E-state index is 0.0111. The average Bonchev–Trinajstić information content (AvgIpc) is 3.36. The Morgan fingerprint density at radius 2 is 1.78 bits per heavy atom. The summed E-state index contributed by atoms with van der Waals surface area (Å²) < 4.78 is 38.9. The van der Waals surface area contributed by atoms with E-state index >= 15 is 0 Å². The summed E-state index contributed by atoms with van der Waals surface area (Å²) in [6.07, 6.45) is -3.70. The Kier molecular flexibility index (Phi) is 5.07. The fraction of sp³-hybridized carbons (Fsp3) is 0.263. The van der Waals surface area contributed by atoms with Gasteiger partial charge in [0.25, 0.3) is 5.91 Å². The first-order chi connectivity index (χ1) is 12.8. The second-order valence-electron chi connectivity index (χ2n) is 6.51. The van der Waals surface area contributed by atoms with Crippen molar-refractivity contribution in [1.29, 1.82) is 0 Å². The van der Waals surface area contributed by atoms with E-state index < -0.39 is 17.6 Å². The first-order valence-corrected chi connectivity index (χ1v) is 8.39. The Hall–Kier alpha value is -3.03. The summed E-state index contributed by atoms with van der Waals surface area (Å²) in [5.74, 6) is -0.377. The number of halogens is 3. The summed E-state index contributed by atoms with van der Waals surface area (Å²) in [6, 6.07) is 11.0. The van der Waals surface area contributed by atoms with Crippen molar-refractivity contribution in [2.75, 3.05) is 10.7 Å². The van der Waals surface area contributed by atoms with Gasteiger partial charge in [-0.2, -0.15) is 13.2 Å². The monoisotopic (exact) mass is 377 g/mol. The largest absolute Gasteiger partial charge is 0.418 e. The van der Waals surface area contributed by atoms with E-state index in [4.69, 9.17) is 0 Å². The van der Waals surface area contributed by atoms with Gasteiger partial charge >= 0.3 is 6.18 Å². The van der Waals surface area contributed by atoms with Crippen LogP contribution in [-0.4, -0.2) is 11.8 Å². The summed E-state index contributed by atoms with van der Waals surface area (Å²) in [4.78, 5) is 24.2. The van der Waals surface area contributed by atoms with Crippen LogP contribution in [0, 0.1) is 11.8 Å². The smallest absolute Gasteiger partial charge is 0.326 e. The number of carbonyl (C=O) groups is 2. The lowest BCUT2D eigenvalue weighted by Crippen LogP contribution is -2.30. The number of rotatable bonds is 5. The Labute approximate surface area is 153 Å². The van der Waals surface area contributed by atoms with E-state index in [1.165, 1.54) is 30.3 Å². The van der Waals surface area contributed by atoms with E-state index in [2.05, 4.69) is 16.2 Å². The van der Waals surface area contributed by atoms with Crippen LogP contribution in [-0.2, 0) is 11.0 Å². The number of para-hydroxylation sites is 1. The van der Waals surface area contributed by atoms with Gasteiger partial charge in [0, 0.05) is 17.2 Å². The summed E-state index contributed by atoms with van der Waals surface area (Å²) in [7, 11) is 0. The van der Waals surface area contributed by atoms with Crippen LogP contribution in [0.25, 0.3) is 0 Å². The lowest BCUT2D eigenvalue weighted by atomic mass is 10.1. The highest BCUT2D eigenvalue weighted by molar-refractivity contribution is 5.98. The van der Waals surface area contributed by atoms with Gasteiger partial charge in [0.15, 0.2) is 0 Å². The van der Waals surface area contributed by atoms with Crippen molar-refractivity contribution >= 4 is 23.2 Å². The average molecular weight is 377 g/mol. The first kappa shape index (κ1) is 18.8. The predicted molar refractivity (Wildman–Crippen MR) is 94.9 cm³/mol. The fourth-order valence-corrected chi connectivity index (χ4v) is 2.70. The van der Waals surface area contributed by atoms with Gasteiger partial charge in [-0.1, -0.05) is 25.1 Å². The SMILES string of the molecule is CC1CC1C(=O)Nc1cccc(C(=O)NNc2ccccc2C(F)(F)F)c1. The van der Waals surface area contributed by atoms with Crippen molar-refractivity contribution in [3.63, 3.8) is 0 Å². The minimum atomic E-state index is -4.54. The molecule has 1 aliphatic carbocycles. The molecule has 2 aromatic rings. The number of carbonyl (C=O) groups excluding carboxylic acids is 2. The van der Waals surface area contributed by atoms with Crippen molar-refractivity contribution in [3.05, 3.63) is 59.7 Å². The summed E-state index contributed by atoms with van der Waals surface area (Å²) in [5.41, 5.74) is 4.07. The lowest BCUT2D eigenvalue weighted by Gasteiger charge is -2.15. The Morgan fingerprint density at radius 3 is 2.44 bits per heavy atom. The zero-order valence-corrected chi connectivity index (χ0v) is 14.4. The predicted octanol–water partition coefficient (Wildman–Crippen LogP) is 4.06. The maximum absolute atomic E-state index is 13.0. The minimum Gasteiger partial charge on any atom is -0.326 e. The third kappa shape index (κ3) is 4.58. The Morgan fingerprint density at radius 1 is 1.07 bits per heavy atom. The number of hydrogen-bond acceptors (Lipinski definition) is 3. The molecule has 8 heteroatoms. The maximum atomic E-state index is 13.0. The third-order valence-corrected chi connectivity index (χ3v) is 4.38. The molecule has 0 aliphatic heterocycles. The van der Waals surface area contributed by atoms with E-state index in [0.717, 1.165) is 12.5 Å². The molecule has 0 bridgehead atoms. The molecule has 2 atom stereocenters. The van der Waals surface area contributed by atoms with Gasteiger partial charge in [-0.3, -0.25) is 20.4 Å². The van der Waals surface area contributed by atoms with Crippen LogP contribution < -0.4 is 16.2 Å². The quantitative estimate of drug-likeness (QED) is 0.689.